The van der Waals surface area contributed by atoms with Crippen LogP contribution in [0.3, 0.4) is 0 Å². The Morgan fingerprint density at radius 3 is 2.84 bits per heavy atom. The summed E-state index contributed by atoms with van der Waals surface area (Å²) in [5, 5.41) is 0. The lowest BCUT2D eigenvalue weighted by Crippen LogP contribution is -2.52. The fourth-order valence-electron chi connectivity index (χ4n) is 4.95. The van der Waals surface area contributed by atoms with Crippen LogP contribution in [0.15, 0.2) is 48.8 Å². The van der Waals surface area contributed by atoms with E-state index in [0.717, 1.165) is 62.8 Å². The summed E-state index contributed by atoms with van der Waals surface area (Å²) in [6, 6.07) is 12.5. The summed E-state index contributed by atoms with van der Waals surface area (Å²) >= 11 is 0. The van der Waals surface area contributed by atoms with Gasteiger partial charge in [-0.1, -0.05) is 37.3 Å². The van der Waals surface area contributed by atoms with Gasteiger partial charge >= 0.3 is 0 Å². The van der Waals surface area contributed by atoms with Crippen LogP contribution in [0, 0.1) is 5.41 Å². The topological polar surface area (TPSA) is 51.7 Å². The van der Waals surface area contributed by atoms with E-state index >= 15 is 0 Å². The second-order valence-electron chi connectivity index (χ2n) is 8.85. The van der Waals surface area contributed by atoms with Crippen LogP contribution < -0.4 is 0 Å². The minimum absolute atomic E-state index is 0.164. The molecule has 5 heteroatoms. The number of pyridine rings is 1. The normalized spacial score (nSPS) is 21.1. The van der Waals surface area contributed by atoms with Gasteiger partial charge in [-0.15, -0.1) is 0 Å². The lowest BCUT2D eigenvalue weighted by Gasteiger charge is -2.42. The molecule has 1 aromatic heterocycles. The fourth-order valence-corrected chi connectivity index (χ4v) is 4.95. The minimum atomic E-state index is -0.413. The molecule has 2 saturated heterocycles. The second-order valence-corrected chi connectivity index (χ2v) is 8.85. The number of piperidine rings is 1. The van der Waals surface area contributed by atoms with Crippen molar-refractivity contribution < 1.29 is 14.3 Å². The third-order valence-electron chi connectivity index (χ3n) is 6.65. The van der Waals surface area contributed by atoms with Gasteiger partial charge < -0.3 is 14.4 Å². The zero-order valence-corrected chi connectivity index (χ0v) is 18.6. The van der Waals surface area contributed by atoms with Crippen molar-refractivity contribution in [2.75, 3.05) is 32.9 Å². The number of carbonyl (C=O) groups excluding carboxylic acids is 1. The first-order valence-corrected chi connectivity index (χ1v) is 11.7. The number of rotatable bonds is 7. The van der Waals surface area contributed by atoms with E-state index in [1.54, 1.807) is 6.20 Å². The van der Waals surface area contributed by atoms with E-state index in [2.05, 4.69) is 47.1 Å². The summed E-state index contributed by atoms with van der Waals surface area (Å²) < 4.78 is 11.7. The molecule has 166 valence electrons. The predicted octanol–water partition coefficient (Wildman–Crippen LogP) is 4.51. The van der Waals surface area contributed by atoms with Crippen LogP contribution in [-0.2, 0) is 20.7 Å². The highest BCUT2D eigenvalue weighted by atomic mass is 16.5. The van der Waals surface area contributed by atoms with Crippen molar-refractivity contribution in [1.29, 1.82) is 0 Å². The third kappa shape index (κ3) is 5.16. The molecule has 0 spiro atoms. The monoisotopic (exact) mass is 422 g/mol. The molecule has 2 aromatic rings. The van der Waals surface area contributed by atoms with E-state index in [1.165, 1.54) is 5.56 Å². The SMILES string of the molecule is CCCO[C@H]1CCCN(C(=O)C2(Cc3ccccc3-c3cccnc3)CCOCC2)C1. The Morgan fingerprint density at radius 2 is 2.06 bits per heavy atom. The largest absolute Gasteiger partial charge is 0.381 e. The lowest BCUT2D eigenvalue weighted by atomic mass is 9.72. The van der Waals surface area contributed by atoms with Crippen molar-refractivity contribution in [3.05, 3.63) is 54.4 Å². The van der Waals surface area contributed by atoms with Gasteiger partial charge in [-0.05, 0) is 55.7 Å². The molecule has 4 rings (SSSR count). The molecule has 1 amide bonds. The summed E-state index contributed by atoms with van der Waals surface area (Å²) in [6.45, 7) is 5.73. The van der Waals surface area contributed by atoms with Gasteiger partial charge in [0.05, 0.1) is 11.5 Å². The van der Waals surface area contributed by atoms with E-state index in [4.69, 9.17) is 9.47 Å². The van der Waals surface area contributed by atoms with Gasteiger partial charge in [0, 0.05) is 50.9 Å². The zero-order chi connectivity index (χ0) is 21.5. The van der Waals surface area contributed by atoms with Crippen LogP contribution in [0.5, 0.6) is 0 Å². The Kier molecular flexibility index (Phi) is 7.36. The van der Waals surface area contributed by atoms with E-state index in [-0.39, 0.29) is 12.0 Å². The molecule has 1 aromatic carbocycles. The molecule has 0 N–H and O–H groups in total. The first-order chi connectivity index (χ1) is 15.2. The van der Waals surface area contributed by atoms with Crippen LogP contribution in [0.2, 0.25) is 0 Å². The van der Waals surface area contributed by atoms with Gasteiger partial charge in [0.15, 0.2) is 0 Å². The van der Waals surface area contributed by atoms with Gasteiger partial charge in [-0.2, -0.15) is 0 Å². The maximum atomic E-state index is 13.9. The Labute approximate surface area is 185 Å². The highest BCUT2D eigenvalue weighted by Crippen LogP contribution is 2.39. The maximum Gasteiger partial charge on any atom is 0.229 e. The average molecular weight is 423 g/mol. The average Bonchev–Trinajstić information content (AvgIpc) is 2.84. The second kappa shape index (κ2) is 10.4. The molecule has 0 aliphatic carbocycles. The maximum absolute atomic E-state index is 13.9. The number of carbonyl (C=O) groups is 1. The molecule has 0 bridgehead atoms. The number of likely N-dealkylation sites (tertiary alicyclic amines) is 1. The Morgan fingerprint density at radius 1 is 1.23 bits per heavy atom. The third-order valence-corrected chi connectivity index (χ3v) is 6.65. The number of nitrogens with zero attached hydrogens (tertiary/aromatic N) is 2. The first kappa shape index (κ1) is 22.0. The van der Waals surface area contributed by atoms with E-state index in [9.17, 15) is 4.79 Å². The van der Waals surface area contributed by atoms with Gasteiger partial charge in [0.1, 0.15) is 0 Å². The molecule has 3 heterocycles. The Balaban J connectivity index is 1.59. The molecule has 31 heavy (non-hydrogen) atoms. The highest BCUT2D eigenvalue weighted by molar-refractivity contribution is 5.84. The van der Waals surface area contributed by atoms with Crippen molar-refractivity contribution in [2.45, 2.75) is 51.6 Å². The fraction of sp³-hybridized carbons (Fsp3) is 0.538. The number of hydrogen-bond acceptors (Lipinski definition) is 4. The molecule has 2 fully saturated rings. The van der Waals surface area contributed by atoms with Crippen LogP contribution in [0.4, 0.5) is 0 Å². The molecule has 0 radical (unpaired) electrons. The summed E-state index contributed by atoms with van der Waals surface area (Å²) in [4.78, 5) is 20.3. The van der Waals surface area contributed by atoms with Crippen molar-refractivity contribution in [3.63, 3.8) is 0 Å². The molecule has 0 unspecified atom stereocenters. The highest BCUT2D eigenvalue weighted by Gasteiger charge is 2.44. The molecule has 0 saturated carbocycles. The quantitative estimate of drug-likeness (QED) is 0.659. The van der Waals surface area contributed by atoms with Gasteiger partial charge in [-0.25, -0.2) is 0 Å². The van der Waals surface area contributed by atoms with Crippen LogP contribution in [0.25, 0.3) is 11.1 Å². The number of hydrogen-bond donors (Lipinski definition) is 0. The number of amides is 1. The Hall–Kier alpha value is -2.24. The summed E-state index contributed by atoms with van der Waals surface area (Å²) in [5.41, 5.74) is 3.06. The Bertz CT molecular complexity index is 849. The molecular formula is C26H34N2O3. The number of ether oxygens (including phenoxy) is 2. The van der Waals surface area contributed by atoms with E-state index in [1.807, 2.05) is 12.3 Å². The number of benzene rings is 1. The van der Waals surface area contributed by atoms with Crippen molar-refractivity contribution >= 4 is 5.91 Å². The first-order valence-electron chi connectivity index (χ1n) is 11.7. The molecule has 1 atom stereocenters. The van der Waals surface area contributed by atoms with Crippen LogP contribution in [0.1, 0.15) is 44.6 Å². The standard InChI is InChI=1S/C26H34N2O3/c1-2-15-31-23-9-6-14-28(20-23)25(29)26(11-16-30-17-12-26)18-21-7-3-4-10-24(21)22-8-5-13-27-19-22/h3-5,7-8,10,13,19,23H,2,6,9,11-12,14-18,20H2,1H3/t23-/m0/s1. The predicted molar refractivity (Wildman–Crippen MR) is 122 cm³/mol. The minimum Gasteiger partial charge on any atom is -0.381 e. The van der Waals surface area contributed by atoms with Crippen molar-refractivity contribution in [2.24, 2.45) is 5.41 Å². The number of aromatic nitrogens is 1. The summed E-state index contributed by atoms with van der Waals surface area (Å²) in [5.74, 6) is 0.279. The van der Waals surface area contributed by atoms with Gasteiger partial charge in [0.25, 0.3) is 0 Å². The zero-order valence-electron chi connectivity index (χ0n) is 18.6. The molecule has 5 nitrogen and oxygen atoms in total. The van der Waals surface area contributed by atoms with Crippen LogP contribution >= 0.6 is 0 Å². The van der Waals surface area contributed by atoms with Gasteiger partial charge in [0.2, 0.25) is 5.91 Å². The molecule has 2 aliphatic rings. The van der Waals surface area contributed by atoms with Crippen molar-refractivity contribution in [3.8, 4) is 11.1 Å². The van der Waals surface area contributed by atoms with Crippen LogP contribution in [-0.4, -0.2) is 54.8 Å². The van der Waals surface area contributed by atoms with Crippen molar-refractivity contribution in [1.82, 2.24) is 9.88 Å². The molecule has 2 aliphatic heterocycles. The smallest absolute Gasteiger partial charge is 0.229 e. The molecular weight excluding hydrogens is 388 g/mol. The summed E-state index contributed by atoms with van der Waals surface area (Å²) in [6.07, 6.45) is 9.20. The van der Waals surface area contributed by atoms with Gasteiger partial charge in [-0.3, -0.25) is 9.78 Å². The lowest BCUT2D eigenvalue weighted by molar-refractivity contribution is -0.152. The summed E-state index contributed by atoms with van der Waals surface area (Å²) in [7, 11) is 0. The van der Waals surface area contributed by atoms with E-state index in [0.29, 0.717) is 19.8 Å². The van der Waals surface area contributed by atoms with E-state index < -0.39 is 5.41 Å².